The molecule has 0 spiro atoms. The lowest BCUT2D eigenvalue weighted by Crippen LogP contribution is -2.37. The number of hydrogen-bond acceptors (Lipinski definition) is 11. The summed E-state index contributed by atoms with van der Waals surface area (Å²) in [4.78, 5) is 25.3. The Morgan fingerprint density at radius 1 is 1.28 bits per heavy atom. The largest absolute Gasteiger partial charge is 0.382 e. The lowest BCUT2D eigenvalue weighted by molar-refractivity contribution is -0.235. The maximum Gasteiger partial charge on any atom is 0.254 e. The van der Waals surface area contributed by atoms with Crippen LogP contribution in [-0.4, -0.2) is 85.9 Å². The van der Waals surface area contributed by atoms with E-state index < -0.39 is 36.1 Å². The van der Waals surface area contributed by atoms with E-state index in [-0.39, 0.29) is 24.3 Å². The van der Waals surface area contributed by atoms with Crippen LogP contribution in [-0.2, 0) is 23.7 Å². The number of nitrogens with two attached hydrogens (primary N) is 1. The number of nitrogen functional groups attached to an aromatic ring is 1. The number of methoxy groups -OCH3 is 1. The van der Waals surface area contributed by atoms with Gasteiger partial charge in [-0.15, -0.1) is 0 Å². The van der Waals surface area contributed by atoms with Gasteiger partial charge >= 0.3 is 0 Å². The van der Waals surface area contributed by atoms with Crippen LogP contribution < -0.4 is 11.1 Å². The van der Waals surface area contributed by atoms with Gasteiger partial charge in [-0.25, -0.2) is 9.67 Å². The van der Waals surface area contributed by atoms with Crippen LogP contribution in [0.1, 0.15) is 44.3 Å². The fourth-order valence-electron chi connectivity index (χ4n) is 4.27. The van der Waals surface area contributed by atoms with E-state index in [4.69, 9.17) is 29.4 Å². The second kappa shape index (κ2) is 8.74. The number of amides is 1. The minimum atomic E-state index is -0.812. The average molecular weight is 503 g/mol. The number of carbonyl (C=O) groups is 1. The number of anilines is 1. The van der Waals surface area contributed by atoms with Gasteiger partial charge in [0, 0.05) is 20.4 Å². The van der Waals surface area contributed by atoms with Gasteiger partial charge in [-0.1, -0.05) is 0 Å². The SMILES string of the molecule is CNC(=O)c1cnn(-c2nc(N)c3ncn([C@@H]4O[C@H](COC(C)(C)OC)[C@H]5OC(C)(C)O[C@H]54)c3n2)c1. The Hall–Kier alpha value is -3.17. The van der Waals surface area contributed by atoms with Crippen LogP contribution in [0.25, 0.3) is 17.1 Å². The van der Waals surface area contributed by atoms with Crippen LogP contribution in [0, 0.1) is 0 Å². The maximum atomic E-state index is 11.9. The van der Waals surface area contributed by atoms with Crippen LogP contribution in [0.5, 0.6) is 0 Å². The highest BCUT2D eigenvalue weighted by Crippen LogP contribution is 2.44. The molecule has 3 N–H and O–H groups in total. The summed E-state index contributed by atoms with van der Waals surface area (Å²) >= 11 is 0. The van der Waals surface area contributed by atoms with Crippen molar-refractivity contribution in [2.24, 2.45) is 0 Å². The molecule has 0 aliphatic carbocycles. The van der Waals surface area contributed by atoms with Crippen molar-refractivity contribution < 1.29 is 28.5 Å². The molecule has 3 aromatic heterocycles. The third-order valence-electron chi connectivity index (χ3n) is 6.20. The summed E-state index contributed by atoms with van der Waals surface area (Å²) in [6.07, 6.45) is 2.61. The van der Waals surface area contributed by atoms with Crippen molar-refractivity contribution in [3.05, 3.63) is 24.3 Å². The van der Waals surface area contributed by atoms with E-state index in [1.54, 1.807) is 18.0 Å². The van der Waals surface area contributed by atoms with Crippen molar-refractivity contribution in [2.75, 3.05) is 26.5 Å². The van der Waals surface area contributed by atoms with E-state index in [0.29, 0.717) is 16.7 Å². The Morgan fingerprint density at radius 2 is 2.03 bits per heavy atom. The number of imidazole rings is 1. The molecule has 36 heavy (non-hydrogen) atoms. The number of fused-ring (bicyclic) bond motifs is 2. The summed E-state index contributed by atoms with van der Waals surface area (Å²) < 4.78 is 33.1. The van der Waals surface area contributed by atoms with Gasteiger partial charge in [-0.2, -0.15) is 15.1 Å². The molecule has 0 aromatic carbocycles. The Labute approximate surface area is 207 Å². The van der Waals surface area contributed by atoms with Crippen molar-refractivity contribution in [3.8, 4) is 5.95 Å². The normalized spacial score (nSPS) is 25.4. The van der Waals surface area contributed by atoms with Gasteiger partial charge in [-0.05, 0) is 27.7 Å². The molecule has 3 aromatic rings. The molecule has 0 saturated carbocycles. The molecular weight excluding hydrogens is 472 g/mol. The first-order valence-corrected chi connectivity index (χ1v) is 11.5. The minimum Gasteiger partial charge on any atom is -0.382 e. The topological polar surface area (TPSA) is 163 Å². The first-order chi connectivity index (χ1) is 17.0. The van der Waals surface area contributed by atoms with Crippen molar-refractivity contribution in [1.82, 2.24) is 34.6 Å². The fourth-order valence-corrected chi connectivity index (χ4v) is 4.27. The zero-order chi connectivity index (χ0) is 25.8. The number of nitrogens with zero attached hydrogens (tertiary/aromatic N) is 6. The highest BCUT2D eigenvalue weighted by atomic mass is 16.8. The van der Waals surface area contributed by atoms with Gasteiger partial charge in [0.2, 0.25) is 0 Å². The van der Waals surface area contributed by atoms with Crippen LogP contribution >= 0.6 is 0 Å². The van der Waals surface area contributed by atoms with E-state index >= 15 is 0 Å². The molecule has 2 aliphatic rings. The lowest BCUT2D eigenvalue weighted by Gasteiger charge is -2.28. The molecule has 2 saturated heterocycles. The predicted octanol–water partition coefficient (Wildman–Crippen LogP) is 0.770. The Kier molecular flexibility index (Phi) is 5.95. The number of nitrogens with one attached hydrogen (secondary N) is 1. The molecule has 14 nitrogen and oxygen atoms in total. The third kappa shape index (κ3) is 4.30. The Balaban J connectivity index is 1.50. The van der Waals surface area contributed by atoms with Gasteiger partial charge in [0.25, 0.3) is 11.9 Å². The monoisotopic (exact) mass is 502 g/mol. The maximum absolute atomic E-state index is 11.9. The molecule has 1 amide bonds. The second-order valence-electron chi connectivity index (χ2n) is 9.53. The van der Waals surface area contributed by atoms with Gasteiger partial charge < -0.3 is 34.7 Å². The predicted molar refractivity (Wildman–Crippen MR) is 125 cm³/mol. The van der Waals surface area contributed by atoms with Crippen molar-refractivity contribution in [3.63, 3.8) is 0 Å². The van der Waals surface area contributed by atoms with Gasteiger partial charge in [0.1, 0.15) is 23.8 Å². The molecule has 194 valence electrons. The zero-order valence-corrected chi connectivity index (χ0v) is 21.0. The van der Waals surface area contributed by atoms with E-state index in [2.05, 4.69) is 25.4 Å². The van der Waals surface area contributed by atoms with Crippen LogP contribution in [0.2, 0.25) is 0 Å². The molecule has 5 rings (SSSR count). The first kappa shape index (κ1) is 24.5. The fraction of sp³-hybridized carbons (Fsp3) is 0.591. The summed E-state index contributed by atoms with van der Waals surface area (Å²) in [5, 5.41) is 6.75. The summed E-state index contributed by atoms with van der Waals surface area (Å²) in [5.74, 6) is -1.55. The first-order valence-electron chi connectivity index (χ1n) is 11.5. The standard InChI is InChI=1S/C22H30N8O6/c1-21(2,32-6)33-9-12-14-15(36-22(3,4)35-14)19(34-12)29-10-25-13-16(23)27-20(28-17(13)29)30-8-11(7-26-30)18(31)24-5/h7-8,10,12,14-15,19H,9H2,1-6H3,(H,24,31)(H2,23,27,28)/t12-,14-,15-,19-/m1/s1. The Bertz CT molecular complexity index is 1290. The van der Waals surface area contributed by atoms with Crippen molar-refractivity contribution in [2.45, 2.75) is 63.8 Å². The molecule has 5 heterocycles. The summed E-state index contributed by atoms with van der Waals surface area (Å²) in [6, 6.07) is 0. The number of hydrogen-bond donors (Lipinski definition) is 2. The smallest absolute Gasteiger partial charge is 0.254 e. The third-order valence-corrected chi connectivity index (χ3v) is 6.20. The van der Waals surface area contributed by atoms with E-state index in [9.17, 15) is 4.79 Å². The summed E-state index contributed by atoms with van der Waals surface area (Å²) in [6.45, 7) is 7.57. The average Bonchev–Trinajstić information content (AvgIpc) is 3.60. The van der Waals surface area contributed by atoms with Crippen molar-refractivity contribution in [1.29, 1.82) is 0 Å². The van der Waals surface area contributed by atoms with Gasteiger partial charge in [0.15, 0.2) is 29.3 Å². The lowest BCUT2D eigenvalue weighted by atomic mass is 10.1. The summed E-state index contributed by atoms with van der Waals surface area (Å²) in [7, 11) is 3.12. The molecule has 0 bridgehead atoms. The molecule has 2 aliphatic heterocycles. The second-order valence-corrected chi connectivity index (χ2v) is 9.53. The van der Waals surface area contributed by atoms with Gasteiger partial charge in [-0.3, -0.25) is 9.36 Å². The Morgan fingerprint density at radius 3 is 2.75 bits per heavy atom. The molecule has 14 heteroatoms. The molecular formula is C22H30N8O6. The summed E-state index contributed by atoms with van der Waals surface area (Å²) in [5.41, 5.74) is 7.39. The molecule has 0 unspecified atom stereocenters. The molecule has 0 radical (unpaired) electrons. The number of rotatable bonds is 7. The van der Waals surface area contributed by atoms with Crippen LogP contribution in [0.4, 0.5) is 5.82 Å². The zero-order valence-electron chi connectivity index (χ0n) is 21.0. The minimum absolute atomic E-state index is 0.158. The van der Waals surface area contributed by atoms with Gasteiger partial charge in [0.05, 0.1) is 24.7 Å². The van der Waals surface area contributed by atoms with E-state index in [1.165, 1.54) is 24.1 Å². The number of ether oxygens (including phenoxy) is 5. The van der Waals surface area contributed by atoms with Crippen molar-refractivity contribution >= 4 is 22.9 Å². The van der Waals surface area contributed by atoms with Crippen LogP contribution in [0.15, 0.2) is 18.7 Å². The van der Waals surface area contributed by atoms with E-state index in [1.807, 2.05) is 27.7 Å². The highest BCUT2D eigenvalue weighted by molar-refractivity contribution is 5.93. The number of carbonyl (C=O) groups excluding carboxylic acids is 1. The quantitative estimate of drug-likeness (QED) is 0.439. The highest BCUT2D eigenvalue weighted by Gasteiger charge is 2.56. The molecule has 4 atom stereocenters. The van der Waals surface area contributed by atoms with Crippen LogP contribution in [0.3, 0.4) is 0 Å². The van der Waals surface area contributed by atoms with E-state index in [0.717, 1.165) is 0 Å². The molecule has 2 fully saturated rings. The number of aromatic nitrogens is 6.